The highest BCUT2D eigenvalue weighted by atomic mass is 32.2. The lowest BCUT2D eigenvalue weighted by atomic mass is 10.2. The van der Waals surface area contributed by atoms with Crippen molar-refractivity contribution in [3.63, 3.8) is 0 Å². The summed E-state index contributed by atoms with van der Waals surface area (Å²) in [5.41, 5.74) is 8.53. The molecule has 100 valence electrons. The van der Waals surface area contributed by atoms with E-state index in [1.165, 1.54) is 12.1 Å². The molecule has 0 spiro atoms. The van der Waals surface area contributed by atoms with Crippen molar-refractivity contribution in [2.75, 3.05) is 11.1 Å². The van der Waals surface area contributed by atoms with Crippen molar-refractivity contribution in [3.05, 3.63) is 48.0 Å². The van der Waals surface area contributed by atoms with E-state index >= 15 is 0 Å². The Labute approximate surface area is 112 Å². The molecule has 0 fully saturated rings. The molecule has 0 saturated heterocycles. The lowest BCUT2D eigenvalue weighted by Gasteiger charge is -2.11. The van der Waals surface area contributed by atoms with Gasteiger partial charge in [-0.2, -0.15) is 0 Å². The monoisotopic (exact) mass is 277 g/mol. The highest BCUT2D eigenvalue weighted by Gasteiger charge is 2.10. The van der Waals surface area contributed by atoms with E-state index in [4.69, 9.17) is 10.9 Å². The summed E-state index contributed by atoms with van der Waals surface area (Å²) < 4.78 is 22.7. The number of nitrogens with one attached hydrogen (secondary N) is 1. The fraction of sp³-hybridized carbons (Fsp3) is 0.0769. The molecule has 5 nitrogen and oxygen atoms in total. The van der Waals surface area contributed by atoms with Crippen LogP contribution in [0.1, 0.15) is 5.56 Å². The zero-order valence-electron chi connectivity index (χ0n) is 10.4. The first kappa shape index (κ1) is 13.4. The molecule has 6 heteroatoms. The molecule has 19 heavy (non-hydrogen) atoms. The Morgan fingerprint density at radius 3 is 2.42 bits per heavy atom. The largest absolute Gasteiger partial charge is 0.399 e. The standard InChI is InChI=1S/C13H15N3O2S/c1-9-4-2-3-5-13(9)16-11-6-10(14)7-12(8-11)19(15,17)18/h2-8,16H,14H2,1H3,(H2,15,17,18). The number of hydrogen-bond acceptors (Lipinski definition) is 4. The van der Waals surface area contributed by atoms with Crippen LogP contribution in [-0.2, 0) is 10.0 Å². The van der Waals surface area contributed by atoms with E-state index in [9.17, 15) is 8.42 Å². The van der Waals surface area contributed by atoms with Crippen molar-refractivity contribution in [2.24, 2.45) is 5.14 Å². The molecule has 0 radical (unpaired) electrons. The smallest absolute Gasteiger partial charge is 0.238 e. The van der Waals surface area contributed by atoms with Crippen molar-refractivity contribution in [3.8, 4) is 0 Å². The lowest BCUT2D eigenvalue weighted by molar-refractivity contribution is 0.598. The molecule has 2 aromatic rings. The zero-order valence-corrected chi connectivity index (χ0v) is 11.2. The first-order valence-electron chi connectivity index (χ1n) is 5.62. The van der Waals surface area contributed by atoms with E-state index in [2.05, 4.69) is 5.32 Å². The highest BCUT2D eigenvalue weighted by molar-refractivity contribution is 7.89. The number of rotatable bonds is 3. The number of anilines is 3. The van der Waals surface area contributed by atoms with Crippen LogP contribution in [0.15, 0.2) is 47.4 Å². The van der Waals surface area contributed by atoms with E-state index in [1.54, 1.807) is 6.07 Å². The van der Waals surface area contributed by atoms with Crippen LogP contribution in [0.25, 0.3) is 0 Å². The Kier molecular flexibility index (Phi) is 3.46. The molecule has 0 unspecified atom stereocenters. The summed E-state index contributed by atoms with van der Waals surface area (Å²) in [6, 6.07) is 12.1. The van der Waals surface area contributed by atoms with Gasteiger partial charge in [0.15, 0.2) is 0 Å². The Morgan fingerprint density at radius 1 is 1.11 bits per heavy atom. The average molecular weight is 277 g/mol. The molecule has 0 aliphatic carbocycles. The molecule has 2 aromatic carbocycles. The van der Waals surface area contributed by atoms with Gasteiger partial charge in [0.05, 0.1) is 4.90 Å². The van der Waals surface area contributed by atoms with Gasteiger partial charge in [0, 0.05) is 17.1 Å². The van der Waals surface area contributed by atoms with Crippen LogP contribution in [0.3, 0.4) is 0 Å². The quantitative estimate of drug-likeness (QED) is 0.747. The van der Waals surface area contributed by atoms with Gasteiger partial charge in [-0.3, -0.25) is 0 Å². The van der Waals surface area contributed by atoms with Crippen LogP contribution in [0.2, 0.25) is 0 Å². The van der Waals surface area contributed by atoms with Crippen LogP contribution in [0.4, 0.5) is 17.1 Å². The van der Waals surface area contributed by atoms with Crippen molar-refractivity contribution in [1.29, 1.82) is 0 Å². The van der Waals surface area contributed by atoms with Gasteiger partial charge in [0.2, 0.25) is 10.0 Å². The Balaban J connectivity index is 2.42. The van der Waals surface area contributed by atoms with E-state index in [-0.39, 0.29) is 4.90 Å². The van der Waals surface area contributed by atoms with Gasteiger partial charge in [-0.1, -0.05) is 18.2 Å². The molecule has 0 saturated carbocycles. The molecule has 0 aliphatic rings. The van der Waals surface area contributed by atoms with E-state index in [0.29, 0.717) is 11.4 Å². The van der Waals surface area contributed by atoms with Gasteiger partial charge in [0.25, 0.3) is 0 Å². The summed E-state index contributed by atoms with van der Waals surface area (Å²) in [7, 11) is -3.77. The second-order valence-electron chi connectivity index (χ2n) is 4.28. The van der Waals surface area contributed by atoms with Gasteiger partial charge in [0.1, 0.15) is 0 Å². The summed E-state index contributed by atoms with van der Waals surface area (Å²) in [4.78, 5) is -0.0106. The molecule has 2 rings (SSSR count). The van der Waals surface area contributed by atoms with Gasteiger partial charge in [-0.15, -0.1) is 0 Å². The molecular formula is C13H15N3O2S. The summed E-state index contributed by atoms with van der Waals surface area (Å²) in [6.45, 7) is 1.95. The second kappa shape index (κ2) is 4.91. The second-order valence-corrected chi connectivity index (χ2v) is 5.84. The minimum absolute atomic E-state index is 0.0106. The number of hydrogen-bond donors (Lipinski definition) is 3. The third kappa shape index (κ3) is 3.24. The lowest BCUT2D eigenvalue weighted by Crippen LogP contribution is -2.12. The molecule has 0 atom stereocenters. The van der Waals surface area contributed by atoms with Gasteiger partial charge >= 0.3 is 0 Å². The summed E-state index contributed by atoms with van der Waals surface area (Å²) in [6.07, 6.45) is 0. The van der Waals surface area contributed by atoms with Crippen molar-refractivity contribution < 1.29 is 8.42 Å². The van der Waals surface area contributed by atoms with Gasteiger partial charge in [-0.05, 0) is 36.8 Å². The number of primary sulfonamides is 1. The molecule has 0 bridgehead atoms. The SMILES string of the molecule is Cc1ccccc1Nc1cc(N)cc(S(N)(=O)=O)c1. The molecule has 0 heterocycles. The Morgan fingerprint density at radius 2 is 1.79 bits per heavy atom. The first-order chi connectivity index (χ1) is 8.86. The minimum Gasteiger partial charge on any atom is -0.399 e. The van der Waals surface area contributed by atoms with Crippen LogP contribution < -0.4 is 16.2 Å². The average Bonchev–Trinajstić information content (AvgIpc) is 2.30. The predicted octanol–water partition coefficient (Wildman–Crippen LogP) is 1.97. The topological polar surface area (TPSA) is 98.2 Å². The maximum atomic E-state index is 11.4. The van der Waals surface area contributed by atoms with Crippen molar-refractivity contribution in [1.82, 2.24) is 0 Å². The van der Waals surface area contributed by atoms with Gasteiger partial charge < -0.3 is 11.1 Å². The fourth-order valence-electron chi connectivity index (χ4n) is 1.73. The molecule has 0 aliphatic heterocycles. The van der Waals surface area contributed by atoms with Gasteiger partial charge in [-0.25, -0.2) is 13.6 Å². The number of aryl methyl sites for hydroxylation is 1. The molecular weight excluding hydrogens is 262 g/mol. The Bertz CT molecular complexity index is 712. The molecule has 0 amide bonds. The maximum absolute atomic E-state index is 11.4. The van der Waals surface area contributed by atoms with Crippen molar-refractivity contribution in [2.45, 2.75) is 11.8 Å². The normalized spacial score (nSPS) is 11.3. The third-order valence-corrected chi connectivity index (χ3v) is 3.57. The number of nitrogen functional groups attached to an aromatic ring is 1. The summed E-state index contributed by atoms with van der Waals surface area (Å²) in [5.74, 6) is 0. The predicted molar refractivity (Wildman–Crippen MR) is 76.7 cm³/mol. The van der Waals surface area contributed by atoms with E-state index in [1.807, 2.05) is 31.2 Å². The van der Waals surface area contributed by atoms with Crippen LogP contribution >= 0.6 is 0 Å². The van der Waals surface area contributed by atoms with E-state index < -0.39 is 10.0 Å². The number of para-hydroxylation sites is 1. The van der Waals surface area contributed by atoms with Crippen LogP contribution in [0.5, 0.6) is 0 Å². The number of benzene rings is 2. The third-order valence-electron chi connectivity index (χ3n) is 2.68. The van der Waals surface area contributed by atoms with E-state index in [0.717, 1.165) is 11.3 Å². The number of sulfonamides is 1. The number of nitrogens with two attached hydrogens (primary N) is 2. The zero-order chi connectivity index (χ0) is 14.0. The summed E-state index contributed by atoms with van der Waals surface area (Å²) >= 11 is 0. The van der Waals surface area contributed by atoms with Crippen molar-refractivity contribution >= 4 is 27.1 Å². The molecule has 5 N–H and O–H groups in total. The highest BCUT2D eigenvalue weighted by Crippen LogP contribution is 2.24. The molecule has 0 aromatic heterocycles. The minimum atomic E-state index is -3.77. The maximum Gasteiger partial charge on any atom is 0.238 e. The fourth-order valence-corrected chi connectivity index (χ4v) is 2.32. The summed E-state index contributed by atoms with van der Waals surface area (Å²) in [5, 5.41) is 8.23. The van der Waals surface area contributed by atoms with Crippen LogP contribution in [-0.4, -0.2) is 8.42 Å². The van der Waals surface area contributed by atoms with Crippen LogP contribution in [0, 0.1) is 6.92 Å². The Hall–Kier alpha value is -2.05. The first-order valence-corrected chi connectivity index (χ1v) is 7.17.